The summed E-state index contributed by atoms with van der Waals surface area (Å²) < 4.78 is 91.2. The average Bonchev–Trinajstić information content (AvgIpc) is 3.50. The molecule has 0 bridgehead atoms. The van der Waals surface area contributed by atoms with Gasteiger partial charge in [0.1, 0.15) is 23.7 Å². The highest BCUT2D eigenvalue weighted by Crippen LogP contribution is 2.44. The van der Waals surface area contributed by atoms with Crippen molar-refractivity contribution in [3.63, 3.8) is 0 Å². The Kier molecular flexibility index (Phi) is 6.86. The van der Waals surface area contributed by atoms with Gasteiger partial charge in [0.05, 0.1) is 29.3 Å². The molecule has 0 amide bonds. The lowest BCUT2D eigenvalue weighted by atomic mass is 9.93. The van der Waals surface area contributed by atoms with Crippen LogP contribution in [0.25, 0.3) is 5.69 Å². The minimum atomic E-state index is -4.73. The van der Waals surface area contributed by atoms with Crippen LogP contribution in [0.1, 0.15) is 64.8 Å². The number of benzene rings is 2. The number of nitrogens with zero attached hydrogens (tertiary/aromatic N) is 3. The summed E-state index contributed by atoms with van der Waals surface area (Å²) in [6, 6.07) is 11.2. The van der Waals surface area contributed by atoms with Crippen LogP contribution in [0.5, 0.6) is 23.0 Å². The first-order chi connectivity index (χ1) is 20.4. The Morgan fingerprint density at radius 2 is 1.81 bits per heavy atom. The highest BCUT2D eigenvalue weighted by atomic mass is 19.4. The Morgan fingerprint density at radius 3 is 2.53 bits per heavy atom. The number of hydrogen-bond acceptors (Lipinski definition) is 7. The first kappa shape index (κ1) is 28.2. The van der Waals surface area contributed by atoms with Crippen LogP contribution in [0.2, 0.25) is 0 Å². The maximum absolute atomic E-state index is 14.1. The Morgan fingerprint density at radius 1 is 1.07 bits per heavy atom. The Bertz CT molecular complexity index is 1690. The minimum absolute atomic E-state index is 0.00255. The number of carbonyl (C=O) groups is 1. The lowest BCUT2D eigenvalue weighted by Gasteiger charge is -2.26. The van der Waals surface area contributed by atoms with E-state index >= 15 is 0 Å². The number of carboxylic acid groups (broad SMARTS) is 1. The molecule has 9 nitrogen and oxygen atoms in total. The van der Waals surface area contributed by atoms with Gasteiger partial charge in [-0.05, 0) is 68.1 Å². The van der Waals surface area contributed by atoms with E-state index in [1.54, 1.807) is 6.92 Å². The molecule has 0 saturated carbocycles. The quantitative estimate of drug-likeness (QED) is 0.228. The molecule has 224 valence electrons. The van der Waals surface area contributed by atoms with E-state index in [1.807, 2.05) is 0 Å². The lowest BCUT2D eigenvalue weighted by Crippen LogP contribution is -2.25. The molecule has 14 heteroatoms. The first-order valence-electron chi connectivity index (χ1n) is 13.1. The van der Waals surface area contributed by atoms with Crippen molar-refractivity contribution in [2.45, 2.75) is 50.9 Å². The number of pyridine rings is 1. The number of aromatic carboxylic acids is 1. The Balaban J connectivity index is 1.31. The van der Waals surface area contributed by atoms with Crippen LogP contribution in [0, 0.1) is 0 Å². The predicted octanol–water partition coefficient (Wildman–Crippen LogP) is 6.90. The van der Waals surface area contributed by atoms with Crippen LogP contribution < -0.4 is 18.9 Å². The molecular weight excluding hydrogens is 581 g/mol. The molecule has 0 fully saturated rings. The molecule has 2 aromatic heterocycles. The molecule has 0 spiro atoms. The second-order valence-corrected chi connectivity index (χ2v) is 9.96. The van der Waals surface area contributed by atoms with Crippen molar-refractivity contribution in [1.82, 2.24) is 14.8 Å². The van der Waals surface area contributed by atoms with E-state index in [1.165, 1.54) is 60.9 Å². The van der Waals surface area contributed by atoms with Gasteiger partial charge in [-0.25, -0.2) is 9.48 Å². The summed E-state index contributed by atoms with van der Waals surface area (Å²) in [6.45, 7) is 1.65. The van der Waals surface area contributed by atoms with Crippen molar-refractivity contribution in [1.29, 1.82) is 0 Å². The summed E-state index contributed by atoms with van der Waals surface area (Å²) in [5.74, 6) is -0.930. The summed E-state index contributed by atoms with van der Waals surface area (Å²) in [5.41, 5.74) is -0.139. The summed E-state index contributed by atoms with van der Waals surface area (Å²) >= 11 is 0. The van der Waals surface area contributed by atoms with Crippen molar-refractivity contribution in [3.05, 3.63) is 89.0 Å². The molecule has 0 saturated heterocycles. The van der Waals surface area contributed by atoms with Gasteiger partial charge >= 0.3 is 18.4 Å². The fourth-order valence-corrected chi connectivity index (χ4v) is 5.10. The van der Waals surface area contributed by atoms with Gasteiger partial charge in [0.15, 0.2) is 17.2 Å². The third-order valence-electron chi connectivity index (χ3n) is 7.02. The van der Waals surface area contributed by atoms with E-state index in [2.05, 4.69) is 19.6 Å². The smallest absolute Gasteiger partial charge is 0.484 e. The number of ether oxygens (including phenoxy) is 4. The Hall–Kier alpha value is -4.88. The van der Waals surface area contributed by atoms with Gasteiger partial charge < -0.3 is 24.1 Å². The number of hydrogen-bond donors (Lipinski definition) is 1. The maximum atomic E-state index is 14.1. The van der Waals surface area contributed by atoms with Gasteiger partial charge in [0, 0.05) is 11.6 Å². The molecule has 2 aromatic carbocycles. The first-order valence-corrected chi connectivity index (χ1v) is 13.1. The molecule has 0 radical (unpaired) electrons. The van der Waals surface area contributed by atoms with E-state index in [0.29, 0.717) is 18.4 Å². The molecule has 3 heterocycles. The van der Waals surface area contributed by atoms with E-state index in [4.69, 9.17) is 14.6 Å². The number of halogens is 5. The monoisotopic (exact) mass is 603 g/mol. The number of carboxylic acids is 1. The van der Waals surface area contributed by atoms with E-state index < -0.39 is 36.3 Å². The standard InChI is InChI=1S/C29H22F5N3O6/c1-15(17-7-10-22-24(11-17)43-29(33,34)42-22)40-20-12-18(13-35-14-20)37-25-21(26(36-37)28(30,31)32)3-2-4-23(25)41-19-8-5-16(6-9-19)27(38)39/h5-15,23H,2-4H2,1H3,(H,38,39)/t15-,23?/m1/s1. The molecule has 1 N–H and O–H groups in total. The summed E-state index contributed by atoms with van der Waals surface area (Å²) in [6.07, 6.45) is -6.38. The number of fused-ring (bicyclic) bond motifs is 2. The molecule has 2 atom stereocenters. The molecule has 6 rings (SSSR count). The topological polar surface area (TPSA) is 105 Å². The molecule has 43 heavy (non-hydrogen) atoms. The van der Waals surface area contributed by atoms with Crippen LogP contribution in [-0.2, 0) is 12.6 Å². The van der Waals surface area contributed by atoms with Crippen molar-refractivity contribution in [2.75, 3.05) is 0 Å². The molecule has 2 aliphatic rings. The minimum Gasteiger partial charge on any atom is -0.484 e. The number of aromatic nitrogens is 3. The van der Waals surface area contributed by atoms with E-state index in [9.17, 15) is 26.7 Å². The SMILES string of the molecule is C[C@@H](Oc1cncc(-n2nc(C(F)(F)F)c3c2C(Oc2ccc(C(=O)O)cc2)CCC3)c1)c1ccc2c(c1)OC(F)(F)O2. The third kappa shape index (κ3) is 5.64. The van der Waals surface area contributed by atoms with Gasteiger partial charge in [-0.3, -0.25) is 4.98 Å². The average molecular weight is 604 g/mol. The zero-order valence-corrected chi connectivity index (χ0v) is 22.3. The molecular formula is C29H22F5N3O6. The van der Waals surface area contributed by atoms with Crippen molar-refractivity contribution in [3.8, 4) is 28.7 Å². The van der Waals surface area contributed by atoms with Crippen LogP contribution in [0.3, 0.4) is 0 Å². The molecule has 1 unspecified atom stereocenters. The van der Waals surface area contributed by atoms with Gasteiger partial charge in [-0.15, -0.1) is 8.78 Å². The third-order valence-corrected chi connectivity index (χ3v) is 7.02. The fourth-order valence-electron chi connectivity index (χ4n) is 5.10. The normalized spacial score (nSPS) is 17.7. The predicted molar refractivity (Wildman–Crippen MR) is 138 cm³/mol. The summed E-state index contributed by atoms with van der Waals surface area (Å²) in [4.78, 5) is 15.3. The number of rotatable bonds is 7. The zero-order chi connectivity index (χ0) is 30.5. The number of alkyl halides is 5. The second kappa shape index (κ2) is 10.4. The fraction of sp³-hybridized carbons (Fsp3) is 0.276. The van der Waals surface area contributed by atoms with Crippen LogP contribution in [0.15, 0.2) is 60.9 Å². The highest BCUT2D eigenvalue weighted by molar-refractivity contribution is 5.87. The maximum Gasteiger partial charge on any atom is 0.586 e. The van der Waals surface area contributed by atoms with Crippen molar-refractivity contribution < 1.29 is 50.8 Å². The summed E-state index contributed by atoms with van der Waals surface area (Å²) in [5, 5.41) is 13.1. The van der Waals surface area contributed by atoms with E-state index in [0.717, 1.165) is 4.68 Å². The van der Waals surface area contributed by atoms with Gasteiger partial charge in [0.25, 0.3) is 0 Å². The zero-order valence-electron chi connectivity index (χ0n) is 22.3. The Labute approximate surface area is 240 Å². The summed E-state index contributed by atoms with van der Waals surface area (Å²) in [7, 11) is 0. The molecule has 1 aliphatic carbocycles. The van der Waals surface area contributed by atoms with Gasteiger partial charge in [0.2, 0.25) is 0 Å². The highest BCUT2D eigenvalue weighted by Gasteiger charge is 2.44. The van der Waals surface area contributed by atoms with Crippen LogP contribution >= 0.6 is 0 Å². The second-order valence-electron chi connectivity index (χ2n) is 9.96. The molecule has 1 aliphatic heterocycles. The molecule has 4 aromatic rings. The van der Waals surface area contributed by atoms with E-state index in [-0.39, 0.29) is 51.9 Å². The largest absolute Gasteiger partial charge is 0.586 e. The van der Waals surface area contributed by atoms with Gasteiger partial charge in [-0.2, -0.15) is 18.3 Å². The van der Waals surface area contributed by atoms with Crippen LogP contribution in [0.4, 0.5) is 22.0 Å². The van der Waals surface area contributed by atoms with Gasteiger partial charge in [-0.1, -0.05) is 6.07 Å². The van der Waals surface area contributed by atoms with Crippen molar-refractivity contribution in [2.24, 2.45) is 0 Å². The van der Waals surface area contributed by atoms with Crippen molar-refractivity contribution >= 4 is 5.97 Å². The lowest BCUT2D eigenvalue weighted by molar-refractivity contribution is -0.286. The van der Waals surface area contributed by atoms with Crippen LogP contribution in [-0.4, -0.2) is 32.1 Å².